The highest BCUT2D eigenvalue weighted by Crippen LogP contribution is 2.24. The lowest BCUT2D eigenvalue weighted by molar-refractivity contribution is 0.305. The molecule has 0 saturated carbocycles. The van der Waals surface area contributed by atoms with Crippen LogP contribution in [0.1, 0.15) is 36.2 Å². The van der Waals surface area contributed by atoms with Crippen molar-refractivity contribution in [2.24, 2.45) is 5.73 Å². The molecule has 0 amide bonds. The fraction of sp³-hybridized carbons (Fsp3) is 0.400. The van der Waals surface area contributed by atoms with Gasteiger partial charge in [-0.25, -0.2) is 4.98 Å². The fourth-order valence-electron chi connectivity index (χ4n) is 1.64. The van der Waals surface area contributed by atoms with E-state index in [4.69, 9.17) is 10.5 Å². The minimum absolute atomic E-state index is 0.335. The third-order valence-electron chi connectivity index (χ3n) is 2.88. The van der Waals surface area contributed by atoms with Gasteiger partial charge in [-0.1, -0.05) is 19.1 Å². The summed E-state index contributed by atoms with van der Waals surface area (Å²) in [5, 5.41) is 0.952. The molecule has 0 aliphatic heterocycles. The van der Waals surface area contributed by atoms with Crippen LogP contribution in [0.2, 0.25) is 0 Å². The number of nitrogens with zero attached hydrogens (tertiary/aromatic N) is 1. The van der Waals surface area contributed by atoms with Crippen LogP contribution in [0.4, 0.5) is 0 Å². The summed E-state index contributed by atoms with van der Waals surface area (Å²) in [5.74, 6) is 0.876. The molecule has 0 radical (unpaired) electrons. The summed E-state index contributed by atoms with van der Waals surface area (Å²) < 4.78 is 5.72. The zero-order valence-electron chi connectivity index (χ0n) is 11.6. The van der Waals surface area contributed by atoms with Gasteiger partial charge in [-0.2, -0.15) is 0 Å². The Morgan fingerprint density at radius 1 is 1.26 bits per heavy atom. The van der Waals surface area contributed by atoms with Crippen LogP contribution in [0, 0.1) is 0 Å². The molecular formula is C15H20N2OS. The van der Waals surface area contributed by atoms with Gasteiger partial charge in [-0.3, -0.25) is 0 Å². The molecule has 0 aliphatic rings. The van der Waals surface area contributed by atoms with Crippen molar-refractivity contribution in [3.05, 3.63) is 45.9 Å². The first kappa shape index (κ1) is 14.0. The molecule has 4 heteroatoms. The first-order valence-electron chi connectivity index (χ1n) is 6.45. The Morgan fingerprint density at radius 2 is 1.95 bits per heavy atom. The predicted molar refractivity (Wildman–Crippen MR) is 79.5 cm³/mol. The zero-order chi connectivity index (χ0) is 13.9. The molecule has 3 nitrogen and oxygen atoms in total. The first-order valence-corrected chi connectivity index (χ1v) is 7.26. The van der Waals surface area contributed by atoms with E-state index >= 15 is 0 Å². The van der Waals surface area contributed by atoms with Gasteiger partial charge >= 0.3 is 0 Å². The monoisotopic (exact) mass is 276 g/mol. The van der Waals surface area contributed by atoms with Crippen molar-refractivity contribution in [1.82, 2.24) is 4.98 Å². The molecule has 102 valence electrons. The number of benzene rings is 1. The first-order chi connectivity index (χ1) is 8.99. The van der Waals surface area contributed by atoms with E-state index in [0.29, 0.717) is 6.61 Å². The lowest BCUT2D eigenvalue weighted by Gasteiger charge is -2.14. The Labute approximate surface area is 118 Å². The summed E-state index contributed by atoms with van der Waals surface area (Å²) in [5.41, 5.74) is 7.02. The highest BCUT2D eigenvalue weighted by Gasteiger charge is 2.17. The van der Waals surface area contributed by atoms with E-state index in [0.717, 1.165) is 22.1 Å². The number of aromatic nitrogens is 1. The molecular weight excluding hydrogens is 256 g/mol. The Hall–Kier alpha value is -1.39. The molecule has 1 aromatic heterocycles. The molecule has 0 aliphatic carbocycles. The molecule has 2 rings (SSSR count). The smallest absolute Gasteiger partial charge is 0.140 e. The predicted octanol–water partition coefficient (Wildman–Crippen LogP) is 3.48. The highest BCUT2D eigenvalue weighted by molar-refractivity contribution is 7.11. The number of ether oxygens (including phenoxy) is 1. The van der Waals surface area contributed by atoms with Crippen LogP contribution in [0.15, 0.2) is 30.5 Å². The minimum atomic E-state index is -0.335. The standard InChI is InChI=1S/C15H20N2OS/c1-4-11-5-7-12(8-6-11)18-10-14-17-9-13(19-14)15(2,3)16/h5-9H,4,10,16H2,1-3H3. The van der Waals surface area contributed by atoms with Crippen molar-refractivity contribution < 1.29 is 4.74 Å². The second kappa shape index (κ2) is 5.72. The van der Waals surface area contributed by atoms with Crippen LogP contribution >= 0.6 is 11.3 Å². The summed E-state index contributed by atoms with van der Waals surface area (Å²) in [7, 11) is 0. The summed E-state index contributed by atoms with van der Waals surface area (Å²) in [6, 6.07) is 8.18. The van der Waals surface area contributed by atoms with Gasteiger partial charge in [0.15, 0.2) is 0 Å². The maximum atomic E-state index is 6.04. The maximum absolute atomic E-state index is 6.04. The van der Waals surface area contributed by atoms with Gasteiger partial charge in [0.2, 0.25) is 0 Å². The van der Waals surface area contributed by atoms with Crippen LogP contribution in [-0.2, 0) is 18.6 Å². The van der Waals surface area contributed by atoms with Crippen molar-refractivity contribution >= 4 is 11.3 Å². The summed E-state index contributed by atoms with van der Waals surface area (Å²) in [6.07, 6.45) is 2.88. The minimum Gasteiger partial charge on any atom is -0.486 e. The van der Waals surface area contributed by atoms with Gasteiger partial charge in [0.25, 0.3) is 0 Å². The second-order valence-electron chi connectivity index (χ2n) is 5.13. The van der Waals surface area contributed by atoms with Crippen LogP contribution in [0.5, 0.6) is 5.75 Å². The van der Waals surface area contributed by atoms with E-state index in [-0.39, 0.29) is 5.54 Å². The normalized spacial score (nSPS) is 11.6. The number of hydrogen-bond acceptors (Lipinski definition) is 4. The van der Waals surface area contributed by atoms with Crippen molar-refractivity contribution in [3.63, 3.8) is 0 Å². The Morgan fingerprint density at radius 3 is 2.47 bits per heavy atom. The average Bonchev–Trinajstić information content (AvgIpc) is 2.86. The Kier molecular flexibility index (Phi) is 4.22. The maximum Gasteiger partial charge on any atom is 0.140 e. The van der Waals surface area contributed by atoms with Crippen molar-refractivity contribution in [2.75, 3.05) is 0 Å². The van der Waals surface area contributed by atoms with E-state index < -0.39 is 0 Å². The summed E-state index contributed by atoms with van der Waals surface area (Å²) >= 11 is 1.61. The van der Waals surface area contributed by atoms with Gasteiger partial charge in [-0.05, 0) is 38.0 Å². The van der Waals surface area contributed by atoms with E-state index in [2.05, 4.69) is 24.0 Å². The van der Waals surface area contributed by atoms with Crippen LogP contribution in [0.3, 0.4) is 0 Å². The molecule has 0 atom stereocenters. The molecule has 0 spiro atoms. The largest absolute Gasteiger partial charge is 0.486 e. The molecule has 1 aromatic carbocycles. The van der Waals surface area contributed by atoms with Gasteiger partial charge in [0.05, 0.1) is 0 Å². The third-order valence-corrected chi connectivity index (χ3v) is 4.19. The van der Waals surface area contributed by atoms with E-state index in [1.807, 2.05) is 32.2 Å². The van der Waals surface area contributed by atoms with Crippen molar-refractivity contribution in [1.29, 1.82) is 0 Å². The highest BCUT2D eigenvalue weighted by atomic mass is 32.1. The number of nitrogens with two attached hydrogens (primary N) is 1. The lowest BCUT2D eigenvalue weighted by Crippen LogP contribution is -2.27. The molecule has 0 bridgehead atoms. The van der Waals surface area contributed by atoms with Crippen LogP contribution in [0.25, 0.3) is 0 Å². The number of aryl methyl sites for hydroxylation is 1. The van der Waals surface area contributed by atoms with Gasteiger partial charge in [-0.15, -0.1) is 11.3 Å². The van der Waals surface area contributed by atoms with E-state index in [1.54, 1.807) is 11.3 Å². The topological polar surface area (TPSA) is 48.1 Å². The molecule has 2 aromatic rings. The van der Waals surface area contributed by atoms with Crippen LogP contribution in [-0.4, -0.2) is 4.98 Å². The number of thiazole rings is 1. The molecule has 0 unspecified atom stereocenters. The van der Waals surface area contributed by atoms with Crippen molar-refractivity contribution in [3.8, 4) is 5.75 Å². The van der Waals surface area contributed by atoms with Crippen molar-refractivity contribution in [2.45, 2.75) is 39.3 Å². The number of hydrogen-bond donors (Lipinski definition) is 1. The molecule has 19 heavy (non-hydrogen) atoms. The quantitative estimate of drug-likeness (QED) is 0.909. The Bertz CT molecular complexity index is 526. The van der Waals surface area contributed by atoms with Crippen LogP contribution < -0.4 is 10.5 Å². The van der Waals surface area contributed by atoms with Gasteiger partial charge < -0.3 is 10.5 Å². The molecule has 0 saturated heterocycles. The van der Waals surface area contributed by atoms with E-state index in [9.17, 15) is 0 Å². The van der Waals surface area contributed by atoms with Gasteiger partial charge in [0.1, 0.15) is 17.4 Å². The average molecular weight is 276 g/mol. The van der Waals surface area contributed by atoms with Gasteiger partial charge in [0, 0.05) is 16.6 Å². The molecule has 1 heterocycles. The summed E-state index contributed by atoms with van der Waals surface area (Å²) in [4.78, 5) is 5.42. The fourth-order valence-corrected chi connectivity index (χ4v) is 2.49. The molecule has 2 N–H and O–H groups in total. The zero-order valence-corrected chi connectivity index (χ0v) is 12.5. The lowest BCUT2D eigenvalue weighted by atomic mass is 10.1. The SMILES string of the molecule is CCc1ccc(OCc2ncc(C(C)(C)N)s2)cc1. The molecule has 0 fully saturated rings. The second-order valence-corrected chi connectivity index (χ2v) is 6.24. The summed E-state index contributed by atoms with van der Waals surface area (Å²) in [6.45, 7) is 6.59. The third kappa shape index (κ3) is 3.78. The Balaban J connectivity index is 1.96. The number of rotatable bonds is 5. The van der Waals surface area contributed by atoms with E-state index in [1.165, 1.54) is 5.56 Å².